The highest BCUT2D eigenvalue weighted by atomic mass is 35.5. The molecule has 0 atom stereocenters. The molecule has 1 heterocycles. The molecule has 0 aliphatic rings. The molecule has 0 bridgehead atoms. The van der Waals surface area contributed by atoms with E-state index < -0.39 is 0 Å². The van der Waals surface area contributed by atoms with Crippen LogP contribution in [0.25, 0.3) is 22.0 Å². The number of carbonyl (C=O) groups is 2. The van der Waals surface area contributed by atoms with E-state index >= 15 is 0 Å². The number of anilines is 1. The Morgan fingerprint density at radius 2 is 1.59 bits per heavy atom. The van der Waals surface area contributed by atoms with E-state index in [4.69, 9.17) is 21.1 Å². The number of ketones is 1. The van der Waals surface area contributed by atoms with Crippen molar-refractivity contribution in [3.8, 4) is 22.6 Å². The van der Waals surface area contributed by atoms with Crippen LogP contribution < -0.4 is 14.8 Å². The maximum Gasteiger partial charge on any atom is 0.225 e. The van der Waals surface area contributed by atoms with Gasteiger partial charge >= 0.3 is 0 Å². The molecule has 0 unspecified atom stereocenters. The van der Waals surface area contributed by atoms with Crippen molar-refractivity contribution in [2.45, 2.75) is 33.6 Å². The van der Waals surface area contributed by atoms with E-state index in [1.807, 2.05) is 69.3 Å². The predicted molar refractivity (Wildman–Crippen MR) is 148 cm³/mol. The third kappa shape index (κ3) is 6.27. The summed E-state index contributed by atoms with van der Waals surface area (Å²) < 4.78 is 11.3. The van der Waals surface area contributed by atoms with E-state index in [2.05, 4.69) is 10.3 Å². The first-order chi connectivity index (χ1) is 17.9. The van der Waals surface area contributed by atoms with Crippen molar-refractivity contribution in [2.24, 2.45) is 0 Å². The molecule has 37 heavy (non-hydrogen) atoms. The zero-order chi connectivity index (χ0) is 26.4. The number of rotatable bonds is 10. The largest absolute Gasteiger partial charge is 0.490 e. The summed E-state index contributed by atoms with van der Waals surface area (Å²) >= 11 is 6.24. The lowest BCUT2D eigenvalue weighted by atomic mass is 10.00. The van der Waals surface area contributed by atoms with Crippen LogP contribution in [0.1, 0.15) is 42.6 Å². The highest BCUT2D eigenvalue weighted by Crippen LogP contribution is 2.33. The molecule has 1 N–H and O–H groups in total. The second-order valence-electron chi connectivity index (χ2n) is 8.53. The zero-order valence-corrected chi connectivity index (χ0v) is 21.9. The number of hydrogen-bond acceptors (Lipinski definition) is 5. The van der Waals surface area contributed by atoms with Crippen LogP contribution in [0.2, 0.25) is 5.02 Å². The summed E-state index contributed by atoms with van der Waals surface area (Å²) in [5, 5.41) is 4.36. The summed E-state index contributed by atoms with van der Waals surface area (Å²) in [5.41, 5.74) is 3.91. The molecule has 4 aromatic rings. The minimum Gasteiger partial charge on any atom is -0.490 e. The number of benzene rings is 3. The number of fused-ring (bicyclic) bond motifs is 1. The minimum atomic E-state index is -0.290. The van der Waals surface area contributed by atoms with Gasteiger partial charge < -0.3 is 14.8 Å². The fourth-order valence-corrected chi connectivity index (χ4v) is 4.36. The monoisotopic (exact) mass is 516 g/mol. The molecule has 0 spiro atoms. The molecule has 190 valence electrons. The summed E-state index contributed by atoms with van der Waals surface area (Å²) in [6.45, 7) is 6.57. The van der Waals surface area contributed by atoms with Gasteiger partial charge in [0.25, 0.3) is 0 Å². The number of aromatic nitrogens is 1. The smallest absolute Gasteiger partial charge is 0.225 e. The summed E-state index contributed by atoms with van der Waals surface area (Å²) in [5.74, 6) is 1.12. The van der Waals surface area contributed by atoms with Crippen LogP contribution in [0.15, 0.2) is 66.7 Å². The molecule has 1 amide bonds. The first-order valence-electron chi connectivity index (χ1n) is 12.3. The SMILES string of the molecule is CCOc1cc(C)c(C(=O)CCC(=O)Nc2cc(-c3ccccc3)c3cc(Cl)ccc3n2)cc1OCC. The minimum absolute atomic E-state index is 0.0243. The Kier molecular flexibility index (Phi) is 8.41. The number of pyridine rings is 1. The van der Waals surface area contributed by atoms with Crippen molar-refractivity contribution < 1.29 is 19.1 Å². The van der Waals surface area contributed by atoms with Crippen LogP contribution in [0.3, 0.4) is 0 Å². The summed E-state index contributed by atoms with van der Waals surface area (Å²) in [4.78, 5) is 30.4. The third-order valence-electron chi connectivity index (χ3n) is 5.89. The maximum absolute atomic E-state index is 13.0. The van der Waals surface area contributed by atoms with E-state index in [0.717, 1.165) is 22.1 Å². The Morgan fingerprint density at radius 3 is 2.30 bits per heavy atom. The number of hydrogen-bond donors (Lipinski definition) is 1. The zero-order valence-electron chi connectivity index (χ0n) is 21.1. The number of amides is 1. The van der Waals surface area contributed by atoms with Crippen molar-refractivity contribution in [1.82, 2.24) is 4.98 Å². The number of nitrogens with one attached hydrogen (secondary N) is 1. The molecule has 0 aliphatic carbocycles. The van der Waals surface area contributed by atoms with E-state index in [1.165, 1.54) is 0 Å². The average molecular weight is 517 g/mol. The van der Waals surface area contributed by atoms with Gasteiger partial charge in [-0.1, -0.05) is 41.9 Å². The number of ether oxygens (including phenoxy) is 2. The molecule has 1 aromatic heterocycles. The first kappa shape index (κ1) is 26.2. The van der Waals surface area contributed by atoms with E-state index in [1.54, 1.807) is 18.2 Å². The van der Waals surface area contributed by atoms with Crippen LogP contribution >= 0.6 is 11.6 Å². The molecule has 0 fully saturated rings. The van der Waals surface area contributed by atoms with Gasteiger partial charge in [-0.25, -0.2) is 4.98 Å². The van der Waals surface area contributed by atoms with Gasteiger partial charge in [0, 0.05) is 28.8 Å². The molecule has 0 radical (unpaired) electrons. The van der Waals surface area contributed by atoms with Crippen LogP contribution in [0, 0.1) is 6.92 Å². The van der Waals surface area contributed by atoms with Crippen molar-refractivity contribution in [3.63, 3.8) is 0 Å². The Hall–Kier alpha value is -3.90. The molecule has 7 heteroatoms. The van der Waals surface area contributed by atoms with Gasteiger partial charge in [0.2, 0.25) is 5.91 Å². The lowest BCUT2D eigenvalue weighted by molar-refractivity contribution is -0.116. The standard InChI is InChI=1S/C30H29ClN2O4/c1-4-36-27-15-19(3)22(17-28(27)37-5-2)26(34)13-14-30(35)33-29-18-23(20-9-7-6-8-10-20)24-16-21(31)11-12-25(24)32-29/h6-12,15-18H,4-5,13-14H2,1-3H3,(H,32,33,35). The van der Waals surface area contributed by atoms with Crippen molar-refractivity contribution >= 4 is 40.0 Å². The van der Waals surface area contributed by atoms with Crippen LogP contribution in [0.5, 0.6) is 11.5 Å². The Balaban J connectivity index is 1.51. The van der Waals surface area contributed by atoms with Gasteiger partial charge in [0.05, 0.1) is 18.7 Å². The van der Waals surface area contributed by atoms with E-state index in [9.17, 15) is 9.59 Å². The van der Waals surface area contributed by atoms with Gasteiger partial charge in [-0.3, -0.25) is 9.59 Å². The summed E-state index contributed by atoms with van der Waals surface area (Å²) in [6, 6.07) is 20.6. The van der Waals surface area contributed by atoms with Crippen LogP contribution in [-0.2, 0) is 4.79 Å². The van der Waals surface area contributed by atoms with Crippen molar-refractivity contribution in [3.05, 3.63) is 82.9 Å². The van der Waals surface area contributed by atoms with Crippen molar-refractivity contribution in [1.29, 1.82) is 0 Å². The fraction of sp³-hybridized carbons (Fsp3) is 0.233. The van der Waals surface area contributed by atoms with Crippen LogP contribution in [0.4, 0.5) is 5.82 Å². The molecule has 6 nitrogen and oxygen atoms in total. The van der Waals surface area contributed by atoms with Gasteiger partial charge in [0.15, 0.2) is 17.3 Å². The van der Waals surface area contributed by atoms with Gasteiger partial charge in [-0.05, 0) is 73.9 Å². The third-order valence-corrected chi connectivity index (χ3v) is 6.13. The molecule has 0 saturated heterocycles. The van der Waals surface area contributed by atoms with Gasteiger partial charge in [0.1, 0.15) is 5.82 Å². The molecular weight excluding hydrogens is 488 g/mol. The lowest BCUT2D eigenvalue weighted by Gasteiger charge is -2.14. The van der Waals surface area contributed by atoms with Crippen LogP contribution in [-0.4, -0.2) is 29.9 Å². The molecular formula is C30H29ClN2O4. The van der Waals surface area contributed by atoms with Gasteiger partial charge in [-0.2, -0.15) is 0 Å². The second-order valence-corrected chi connectivity index (χ2v) is 8.97. The van der Waals surface area contributed by atoms with E-state index in [0.29, 0.717) is 46.6 Å². The highest BCUT2D eigenvalue weighted by molar-refractivity contribution is 6.31. The lowest BCUT2D eigenvalue weighted by Crippen LogP contribution is -2.15. The Bertz CT molecular complexity index is 1440. The van der Waals surface area contributed by atoms with E-state index in [-0.39, 0.29) is 24.5 Å². The Labute approximate surface area is 221 Å². The van der Waals surface area contributed by atoms with Crippen molar-refractivity contribution in [2.75, 3.05) is 18.5 Å². The summed E-state index contributed by atoms with van der Waals surface area (Å²) in [6.07, 6.45) is 0.0808. The number of halogens is 1. The Morgan fingerprint density at radius 1 is 0.892 bits per heavy atom. The number of carbonyl (C=O) groups excluding carboxylic acids is 2. The first-order valence-corrected chi connectivity index (χ1v) is 12.7. The molecule has 3 aromatic carbocycles. The van der Waals surface area contributed by atoms with Gasteiger partial charge in [-0.15, -0.1) is 0 Å². The average Bonchev–Trinajstić information content (AvgIpc) is 2.89. The number of nitrogens with zero attached hydrogens (tertiary/aromatic N) is 1. The predicted octanol–water partition coefficient (Wildman–Crippen LogP) is 7.26. The summed E-state index contributed by atoms with van der Waals surface area (Å²) in [7, 11) is 0. The quantitative estimate of drug-likeness (QED) is 0.224. The molecule has 0 aliphatic heterocycles. The maximum atomic E-state index is 13.0. The molecule has 0 saturated carbocycles. The highest BCUT2D eigenvalue weighted by Gasteiger charge is 2.17. The fourth-order valence-electron chi connectivity index (χ4n) is 4.18. The normalized spacial score (nSPS) is 10.8. The molecule has 4 rings (SSSR count). The number of Topliss-reactive ketones (excluding diaryl/α,β-unsaturated/α-hetero) is 1. The second kappa shape index (κ2) is 11.9. The number of aryl methyl sites for hydroxylation is 1. The topological polar surface area (TPSA) is 77.5 Å².